The highest BCUT2D eigenvalue weighted by Gasteiger charge is 2.29. The number of hydrogen-bond acceptors (Lipinski definition) is 5. The first-order chi connectivity index (χ1) is 10.5. The third-order valence-electron chi connectivity index (χ3n) is 3.62. The van der Waals surface area contributed by atoms with Crippen LogP contribution in [0.5, 0.6) is 5.75 Å². The van der Waals surface area contributed by atoms with Gasteiger partial charge in [0, 0.05) is 26.2 Å². The van der Waals surface area contributed by atoms with Crippen LogP contribution in [0.4, 0.5) is 0 Å². The monoisotopic (exact) mass is 327 g/mol. The van der Waals surface area contributed by atoms with Gasteiger partial charge < -0.3 is 15.0 Å². The van der Waals surface area contributed by atoms with Gasteiger partial charge >= 0.3 is 0 Å². The molecule has 0 atom stereocenters. The van der Waals surface area contributed by atoms with E-state index < -0.39 is 10.0 Å². The summed E-state index contributed by atoms with van der Waals surface area (Å²) in [7, 11) is -0.281. The van der Waals surface area contributed by atoms with Gasteiger partial charge in [-0.25, -0.2) is 8.42 Å². The molecule has 0 spiro atoms. The van der Waals surface area contributed by atoms with Crippen molar-refractivity contribution in [3.63, 3.8) is 0 Å². The van der Waals surface area contributed by atoms with E-state index in [0.717, 1.165) is 0 Å². The smallest absolute Gasteiger partial charge is 0.243 e. The summed E-state index contributed by atoms with van der Waals surface area (Å²) in [6.45, 7) is 1.71. The molecule has 1 amide bonds. The van der Waals surface area contributed by atoms with Gasteiger partial charge in [0.1, 0.15) is 5.75 Å². The Morgan fingerprint density at radius 2 is 1.77 bits per heavy atom. The predicted octanol–water partition coefficient (Wildman–Crippen LogP) is -0.252. The van der Waals surface area contributed by atoms with E-state index >= 15 is 0 Å². The maximum Gasteiger partial charge on any atom is 0.243 e. The molecule has 1 aliphatic heterocycles. The van der Waals surface area contributed by atoms with Gasteiger partial charge in [-0.05, 0) is 31.3 Å². The number of amides is 1. The summed E-state index contributed by atoms with van der Waals surface area (Å²) < 4.78 is 31.6. The normalized spacial score (nSPS) is 16.5. The van der Waals surface area contributed by atoms with Gasteiger partial charge in [0.15, 0.2) is 0 Å². The minimum absolute atomic E-state index is 0.0102. The summed E-state index contributed by atoms with van der Waals surface area (Å²) in [5.41, 5.74) is 0. The van der Waals surface area contributed by atoms with Crippen molar-refractivity contribution in [1.82, 2.24) is 14.5 Å². The number of likely N-dealkylation sites (N-methyl/N-ethyl adjacent to an activating group) is 1. The summed E-state index contributed by atoms with van der Waals surface area (Å²) in [6, 6.07) is 6.32. The highest BCUT2D eigenvalue weighted by atomic mass is 32.2. The van der Waals surface area contributed by atoms with Gasteiger partial charge in [-0.15, -0.1) is 0 Å². The number of hydrogen-bond donors (Lipinski definition) is 1. The van der Waals surface area contributed by atoms with Gasteiger partial charge in [-0.2, -0.15) is 4.31 Å². The Hall–Kier alpha value is -1.64. The molecular formula is C14H21N3O4S. The van der Waals surface area contributed by atoms with E-state index in [1.165, 1.54) is 23.5 Å². The first kappa shape index (κ1) is 16.7. The van der Waals surface area contributed by atoms with Crippen LogP contribution in [0.2, 0.25) is 0 Å². The molecule has 1 aromatic rings. The van der Waals surface area contributed by atoms with E-state index in [-0.39, 0.29) is 17.3 Å². The Bertz CT molecular complexity index is 607. The molecule has 1 N–H and O–H groups in total. The zero-order valence-corrected chi connectivity index (χ0v) is 13.6. The summed E-state index contributed by atoms with van der Waals surface area (Å²) in [5, 5.41) is 2.81. The van der Waals surface area contributed by atoms with Crippen molar-refractivity contribution in [1.29, 1.82) is 0 Å². The van der Waals surface area contributed by atoms with Crippen LogP contribution < -0.4 is 10.1 Å². The maximum absolute atomic E-state index is 12.6. The zero-order chi connectivity index (χ0) is 16.2. The fourth-order valence-electron chi connectivity index (χ4n) is 2.34. The van der Waals surface area contributed by atoms with E-state index in [0.29, 0.717) is 31.9 Å². The first-order valence-electron chi connectivity index (χ1n) is 7.05. The van der Waals surface area contributed by atoms with Gasteiger partial charge in [0.2, 0.25) is 15.9 Å². The Morgan fingerprint density at radius 3 is 2.27 bits per heavy atom. The molecule has 1 heterocycles. The third kappa shape index (κ3) is 3.57. The number of rotatable bonds is 5. The lowest BCUT2D eigenvalue weighted by molar-refractivity contribution is -0.131. The van der Waals surface area contributed by atoms with Crippen LogP contribution in [-0.2, 0) is 14.8 Å². The molecule has 122 valence electrons. The number of piperazine rings is 1. The molecule has 2 rings (SSSR count). The molecule has 0 saturated carbocycles. The Labute approximate surface area is 130 Å². The summed E-state index contributed by atoms with van der Waals surface area (Å²) in [5.74, 6) is 0.602. The molecule has 0 bridgehead atoms. The largest absolute Gasteiger partial charge is 0.497 e. The van der Waals surface area contributed by atoms with Crippen molar-refractivity contribution >= 4 is 15.9 Å². The van der Waals surface area contributed by atoms with Gasteiger partial charge in [0.25, 0.3) is 0 Å². The lowest BCUT2D eigenvalue weighted by atomic mass is 10.3. The topological polar surface area (TPSA) is 79.0 Å². The summed E-state index contributed by atoms with van der Waals surface area (Å²) in [4.78, 5) is 13.7. The molecule has 0 unspecified atom stereocenters. The summed E-state index contributed by atoms with van der Waals surface area (Å²) in [6.07, 6.45) is 0. The predicted molar refractivity (Wildman–Crippen MR) is 82.3 cm³/mol. The third-order valence-corrected chi connectivity index (χ3v) is 5.53. The van der Waals surface area contributed by atoms with E-state index in [1.54, 1.807) is 24.1 Å². The zero-order valence-electron chi connectivity index (χ0n) is 12.8. The highest BCUT2D eigenvalue weighted by Crippen LogP contribution is 2.20. The lowest BCUT2D eigenvalue weighted by Gasteiger charge is -2.34. The molecule has 0 aliphatic carbocycles. The van der Waals surface area contributed by atoms with Crippen molar-refractivity contribution in [2.75, 3.05) is 46.9 Å². The van der Waals surface area contributed by atoms with Crippen molar-refractivity contribution in [3.8, 4) is 5.75 Å². The number of sulfonamides is 1. The van der Waals surface area contributed by atoms with Crippen LogP contribution in [0.15, 0.2) is 29.2 Å². The van der Waals surface area contributed by atoms with Crippen LogP contribution in [0, 0.1) is 0 Å². The number of nitrogens with zero attached hydrogens (tertiary/aromatic N) is 2. The van der Waals surface area contributed by atoms with E-state index in [1.807, 2.05) is 0 Å². The SMILES string of the molecule is CNCC(=O)N1CCN(S(=O)(=O)c2ccc(OC)cc2)CC1. The van der Waals surface area contributed by atoms with E-state index in [4.69, 9.17) is 4.74 Å². The number of benzene rings is 1. The fourth-order valence-corrected chi connectivity index (χ4v) is 3.76. The number of methoxy groups -OCH3 is 1. The molecule has 1 aromatic carbocycles. The Balaban J connectivity index is 2.04. The number of carbonyl (C=O) groups is 1. The van der Waals surface area contributed by atoms with E-state index in [2.05, 4.69) is 5.32 Å². The second-order valence-electron chi connectivity index (χ2n) is 4.99. The van der Waals surface area contributed by atoms with Crippen molar-refractivity contribution in [2.24, 2.45) is 0 Å². The minimum atomic E-state index is -3.52. The summed E-state index contributed by atoms with van der Waals surface area (Å²) >= 11 is 0. The van der Waals surface area contributed by atoms with Crippen LogP contribution in [0.3, 0.4) is 0 Å². The molecular weight excluding hydrogens is 306 g/mol. The van der Waals surface area contributed by atoms with Crippen molar-refractivity contribution in [3.05, 3.63) is 24.3 Å². The number of nitrogens with one attached hydrogen (secondary N) is 1. The van der Waals surface area contributed by atoms with Crippen LogP contribution in [0.1, 0.15) is 0 Å². The average Bonchev–Trinajstić information content (AvgIpc) is 2.55. The quantitative estimate of drug-likeness (QED) is 0.807. The number of carbonyl (C=O) groups excluding carboxylic acids is 1. The van der Waals surface area contributed by atoms with Crippen LogP contribution in [-0.4, -0.2) is 70.4 Å². The second-order valence-corrected chi connectivity index (χ2v) is 6.93. The molecule has 8 heteroatoms. The maximum atomic E-state index is 12.6. The Kier molecular flexibility index (Phi) is 5.38. The second kappa shape index (κ2) is 7.08. The van der Waals surface area contributed by atoms with E-state index in [9.17, 15) is 13.2 Å². The molecule has 1 fully saturated rings. The fraction of sp³-hybridized carbons (Fsp3) is 0.500. The lowest BCUT2D eigenvalue weighted by Crippen LogP contribution is -2.52. The van der Waals surface area contributed by atoms with Gasteiger partial charge in [-0.3, -0.25) is 4.79 Å². The van der Waals surface area contributed by atoms with Crippen LogP contribution >= 0.6 is 0 Å². The van der Waals surface area contributed by atoms with Crippen LogP contribution in [0.25, 0.3) is 0 Å². The number of ether oxygens (including phenoxy) is 1. The Morgan fingerprint density at radius 1 is 1.18 bits per heavy atom. The van der Waals surface area contributed by atoms with Gasteiger partial charge in [0.05, 0.1) is 18.6 Å². The molecule has 1 aliphatic rings. The first-order valence-corrected chi connectivity index (χ1v) is 8.49. The molecule has 7 nitrogen and oxygen atoms in total. The van der Waals surface area contributed by atoms with Crippen molar-refractivity contribution < 1.29 is 17.9 Å². The average molecular weight is 327 g/mol. The van der Waals surface area contributed by atoms with Crippen molar-refractivity contribution in [2.45, 2.75) is 4.90 Å². The highest BCUT2D eigenvalue weighted by molar-refractivity contribution is 7.89. The molecule has 1 saturated heterocycles. The van der Waals surface area contributed by atoms with Gasteiger partial charge in [-0.1, -0.05) is 0 Å². The molecule has 0 aromatic heterocycles. The molecule has 22 heavy (non-hydrogen) atoms. The minimum Gasteiger partial charge on any atom is -0.497 e. The molecule has 0 radical (unpaired) electrons. The standard InChI is InChI=1S/C14H21N3O4S/c1-15-11-14(18)16-7-9-17(10-8-16)22(19,20)13-5-3-12(21-2)4-6-13/h3-6,15H,7-11H2,1-2H3.